The molecule has 0 atom stereocenters. The van der Waals surface area contributed by atoms with Gasteiger partial charge in [-0.15, -0.1) is 0 Å². The lowest BCUT2D eigenvalue weighted by Gasteiger charge is -2.11. The molecule has 2 heterocycles. The van der Waals surface area contributed by atoms with Crippen molar-refractivity contribution in [1.82, 2.24) is 9.88 Å². The molecule has 1 saturated heterocycles. The average Bonchev–Trinajstić information content (AvgIpc) is 3.43. The van der Waals surface area contributed by atoms with Crippen LogP contribution in [0, 0.1) is 47.9 Å². The van der Waals surface area contributed by atoms with Gasteiger partial charge in [-0.3, -0.25) is 25.0 Å². The van der Waals surface area contributed by atoms with Crippen molar-refractivity contribution < 1.29 is 19.4 Å². The summed E-state index contributed by atoms with van der Waals surface area (Å²) in [6, 6.07) is 18.0. The number of carbonyl (C=O) groups is 1. The SMILES string of the molecule is Cc1cccc(N=C2NC(=O)/C(=C/c3cc(C)n(-c4ccc(Oc5ccc([N+](=O)[O-])cc5[N+](=O)[O-])cc4)c3C)S2)c1C. The van der Waals surface area contributed by atoms with Crippen molar-refractivity contribution in [2.45, 2.75) is 27.7 Å². The Labute approximate surface area is 244 Å². The summed E-state index contributed by atoms with van der Waals surface area (Å²) in [5, 5.41) is 25.8. The zero-order chi connectivity index (χ0) is 30.1. The number of nitro benzene ring substituents is 2. The largest absolute Gasteiger partial charge is 0.450 e. The predicted octanol–water partition coefficient (Wildman–Crippen LogP) is 7.21. The third kappa shape index (κ3) is 5.65. The number of amides is 1. The van der Waals surface area contributed by atoms with Crippen LogP contribution in [0.3, 0.4) is 0 Å². The van der Waals surface area contributed by atoms with Crippen molar-refractivity contribution in [3.63, 3.8) is 0 Å². The Morgan fingerprint density at radius 1 is 0.952 bits per heavy atom. The average molecular weight is 584 g/mol. The Hall–Kier alpha value is -5.23. The molecule has 1 N–H and O–H groups in total. The number of thioether (sulfide) groups is 1. The van der Waals surface area contributed by atoms with E-state index >= 15 is 0 Å². The molecule has 1 aromatic heterocycles. The molecule has 12 heteroatoms. The Morgan fingerprint density at radius 2 is 1.69 bits per heavy atom. The van der Waals surface area contributed by atoms with E-state index in [0.29, 0.717) is 15.8 Å². The highest BCUT2D eigenvalue weighted by Crippen LogP contribution is 2.35. The fourth-order valence-corrected chi connectivity index (χ4v) is 5.38. The molecule has 0 radical (unpaired) electrons. The molecule has 1 aliphatic heterocycles. The summed E-state index contributed by atoms with van der Waals surface area (Å²) in [7, 11) is 0. The molecular weight excluding hydrogens is 558 g/mol. The molecule has 0 aliphatic carbocycles. The van der Waals surface area contributed by atoms with Crippen LogP contribution in [0.15, 0.2) is 76.6 Å². The molecule has 0 saturated carbocycles. The summed E-state index contributed by atoms with van der Waals surface area (Å²) < 4.78 is 7.71. The second-order valence-corrected chi connectivity index (χ2v) is 10.7. The number of amidine groups is 1. The highest BCUT2D eigenvalue weighted by molar-refractivity contribution is 8.18. The van der Waals surface area contributed by atoms with Crippen molar-refractivity contribution >= 4 is 46.0 Å². The second-order valence-electron chi connectivity index (χ2n) is 9.62. The van der Waals surface area contributed by atoms with Crippen molar-refractivity contribution in [1.29, 1.82) is 0 Å². The number of aromatic nitrogens is 1. The second kappa shape index (κ2) is 11.3. The summed E-state index contributed by atoms with van der Waals surface area (Å²) in [6.07, 6.45) is 1.84. The molecular formula is C30H25N5O6S. The van der Waals surface area contributed by atoms with E-state index in [9.17, 15) is 25.0 Å². The number of rotatable bonds is 7. The van der Waals surface area contributed by atoms with Gasteiger partial charge < -0.3 is 14.6 Å². The Bertz CT molecular complexity index is 1820. The van der Waals surface area contributed by atoms with E-state index in [4.69, 9.17) is 4.74 Å². The summed E-state index contributed by atoms with van der Waals surface area (Å²) in [5.41, 5.74) is 5.64. The summed E-state index contributed by atoms with van der Waals surface area (Å²) in [6.45, 7) is 7.92. The van der Waals surface area contributed by atoms with Crippen LogP contribution in [0.1, 0.15) is 28.1 Å². The fraction of sp³-hybridized carbons (Fsp3) is 0.133. The predicted molar refractivity (Wildman–Crippen MR) is 162 cm³/mol. The smallest absolute Gasteiger partial charge is 0.318 e. The molecule has 1 amide bonds. The van der Waals surface area contributed by atoms with Crippen LogP contribution < -0.4 is 10.1 Å². The first-order valence-electron chi connectivity index (χ1n) is 12.8. The maximum atomic E-state index is 12.7. The maximum Gasteiger partial charge on any atom is 0.318 e. The van der Waals surface area contributed by atoms with E-state index in [1.165, 1.54) is 17.8 Å². The summed E-state index contributed by atoms with van der Waals surface area (Å²) in [4.78, 5) is 38.9. The van der Waals surface area contributed by atoms with Crippen molar-refractivity contribution in [2.24, 2.45) is 4.99 Å². The maximum absolute atomic E-state index is 12.7. The van der Waals surface area contributed by atoms with Crippen LogP contribution in [0.2, 0.25) is 0 Å². The van der Waals surface area contributed by atoms with Crippen LogP contribution in [0.5, 0.6) is 11.5 Å². The third-order valence-corrected chi connectivity index (χ3v) is 7.79. The number of ether oxygens (including phenoxy) is 1. The molecule has 3 aromatic carbocycles. The van der Waals surface area contributed by atoms with E-state index in [-0.39, 0.29) is 11.7 Å². The first-order valence-corrected chi connectivity index (χ1v) is 13.6. The summed E-state index contributed by atoms with van der Waals surface area (Å²) >= 11 is 1.29. The van der Waals surface area contributed by atoms with E-state index in [0.717, 1.165) is 51.6 Å². The third-order valence-electron chi connectivity index (χ3n) is 6.88. The van der Waals surface area contributed by atoms with Gasteiger partial charge in [0.2, 0.25) is 5.75 Å². The van der Waals surface area contributed by atoms with Crippen molar-refractivity contribution in [2.75, 3.05) is 0 Å². The zero-order valence-corrected chi connectivity index (χ0v) is 23.9. The standard InChI is InChI=1S/C30H25N5O6S/c1-17-6-5-7-25(19(17)3)31-30-32-29(36)28(42-30)15-21-14-18(2)33(20(21)4)22-8-11-24(12-9-22)41-27-13-10-23(34(37)38)16-26(27)35(39)40/h5-16H,1-4H3,(H,31,32,36)/b28-15-. The lowest BCUT2D eigenvalue weighted by atomic mass is 10.1. The zero-order valence-electron chi connectivity index (χ0n) is 23.1. The highest BCUT2D eigenvalue weighted by Gasteiger charge is 2.25. The number of non-ortho nitro benzene ring substituents is 1. The van der Waals surface area contributed by atoms with E-state index in [1.54, 1.807) is 24.3 Å². The van der Waals surface area contributed by atoms with Crippen molar-refractivity contribution in [3.8, 4) is 17.2 Å². The number of hydrogen-bond donors (Lipinski definition) is 1. The van der Waals surface area contributed by atoms with Gasteiger partial charge >= 0.3 is 5.69 Å². The number of benzene rings is 3. The van der Waals surface area contributed by atoms with Gasteiger partial charge in [-0.05, 0) is 105 Å². The fourth-order valence-electron chi connectivity index (χ4n) is 4.56. The van der Waals surface area contributed by atoms with E-state index in [2.05, 4.69) is 10.3 Å². The van der Waals surface area contributed by atoms with Crippen LogP contribution in [0.4, 0.5) is 17.1 Å². The normalized spacial score (nSPS) is 14.8. The molecule has 212 valence electrons. The van der Waals surface area contributed by atoms with Crippen LogP contribution in [-0.4, -0.2) is 25.5 Å². The molecule has 11 nitrogen and oxygen atoms in total. The topological polar surface area (TPSA) is 142 Å². The molecule has 1 aliphatic rings. The molecule has 0 spiro atoms. The minimum atomic E-state index is -0.722. The number of nitrogens with one attached hydrogen (secondary N) is 1. The van der Waals surface area contributed by atoms with Gasteiger partial charge in [0.1, 0.15) is 5.75 Å². The number of aliphatic imine (C=N–C) groups is 1. The number of nitro groups is 2. The van der Waals surface area contributed by atoms with Gasteiger partial charge in [0.15, 0.2) is 5.17 Å². The van der Waals surface area contributed by atoms with Crippen LogP contribution in [-0.2, 0) is 4.79 Å². The lowest BCUT2D eigenvalue weighted by molar-refractivity contribution is -0.394. The van der Waals surface area contributed by atoms with Crippen molar-refractivity contribution in [3.05, 3.63) is 120 Å². The van der Waals surface area contributed by atoms with Gasteiger partial charge in [-0.1, -0.05) is 12.1 Å². The first-order chi connectivity index (χ1) is 20.0. The van der Waals surface area contributed by atoms with E-state index in [1.807, 2.05) is 62.6 Å². The molecule has 0 unspecified atom stereocenters. The van der Waals surface area contributed by atoms with Crippen LogP contribution in [0.25, 0.3) is 11.8 Å². The summed E-state index contributed by atoms with van der Waals surface area (Å²) in [5.74, 6) is 0.0132. The molecule has 5 rings (SSSR count). The van der Waals surface area contributed by atoms with Gasteiger partial charge in [0, 0.05) is 23.1 Å². The molecule has 1 fully saturated rings. The number of hydrogen-bond acceptors (Lipinski definition) is 8. The van der Waals surface area contributed by atoms with Gasteiger partial charge in [0.25, 0.3) is 11.6 Å². The van der Waals surface area contributed by atoms with E-state index < -0.39 is 21.2 Å². The van der Waals surface area contributed by atoms with Gasteiger partial charge in [-0.25, -0.2) is 4.99 Å². The van der Waals surface area contributed by atoms with Crippen LogP contribution >= 0.6 is 11.8 Å². The van der Waals surface area contributed by atoms with Gasteiger partial charge in [-0.2, -0.15) is 0 Å². The molecule has 0 bridgehead atoms. The Morgan fingerprint density at radius 3 is 2.38 bits per heavy atom. The number of aryl methyl sites for hydroxylation is 2. The lowest BCUT2D eigenvalue weighted by Crippen LogP contribution is -2.19. The molecule has 4 aromatic rings. The number of carbonyl (C=O) groups excluding carboxylic acids is 1. The van der Waals surface area contributed by atoms with Gasteiger partial charge in [0.05, 0.1) is 26.5 Å². The molecule has 42 heavy (non-hydrogen) atoms. The monoisotopic (exact) mass is 583 g/mol. The quantitative estimate of drug-likeness (QED) is 0.138. The Balaban J connectivity index is 1.37. The minimum Gasteiger partial charge on any atom is -0.450 e. The Kier molecular flexibility index (Phi) is 7.64. The number of nitrogens with zero attached hydrogens (tertiary/aromatic N) is 4. The first kappa shape index (κ1) is 28.3. The highest BCUT2D eigenvalue weighted by atomic mass is 32.2. The minimum absolute atomic E-state index is 0.103.